The number of rotatable bonds is 4. The van der Waals surface area contributed by atoms with Crippen LogP contribution in [-0.4, -0.2) is 34.7 Å². The summed E-state index contributed by atoms with van der Waals surface area (Å²) in [5.74, 6) is -0.853. The van der Waals surface area contributed by atoms with E-state index in [1.54, 1.807) is 5.01 Å². The van der Waals surface area contributed by atoms with Crippen LogP contribution in [0.25, 0.3) is 0 Å². The van der Waals surface area contributed by atoms with Gasteiger partial charge in [0.05, 0.1) is 0 Å². The predicted molar refractivity (Wildman–Crippen MR) is 80.5 cm³/mol. The Balaban J connectivity index is 1.82. The van der Waals surface area contributed by atoms with Gasteiger partial charge >= 0.3 is 5.97 Å². The Kier molecular flexibility index (Phi) is 3.85. The first-order chi connectivity index (χ1) is 10.6. The molecule has 22 heavy (non-hydrogen) atoms. The van der Waals surface area contributed by atoms with Gasteiger partial charge in [0, 0.05) is 30.2 Å². The molecule has 0 bridgehead atoms. The summed E-state index contributed by atoms with van der Waals surface area (Å²) in [6.45, 7) is 2.51. The Bertz CT molecular complexity index is 627. The third-order valence-corrected chi connectivity index (χ3v) is 4.25. The number of amides is 1. The quantitative estimate of drug-likeness (QED) is 0.778. The monoisotopic (exact) mass is 301 g/mol. The first kappa shape index (κ1) is 14.6. The van der Waals surface area contributed by atoms with Crippen LogP contribution in [0.4, 0.5) is 0 Å². The van der Waals surface area contributed by atoms with E-state index in [1.165, 1.54) is 5.56 Å². The molecule has 2 aliphatic rings. The summed E-state index contributed by atoms with van der Waals surface area (Å²) < 4.78 is 0. The second-order valence-electron chi connectivity index (χ2n) is 5.64. The zero-order chi connectivity index (χ0) is 15.7. The molecule has 1 fully saturated rings. The highest BCUT2D eigenvalue weighted by atomic mass is 16.4. The van der Waals surface area contributed by atoms with Gasteiger partial charge in [-0.05, 0) is 18.9 Å². The molecule has 2 atom stereocenters. The van der Waals surface area contributed by atoms with Crippen LogP contribution >= 0.6 is 0 Å². The number of carbonyl (C=O) groups excluding carboxylic acids is 1. The summed E-state index contributed by atoms with van der Waals surface area (Å²) in [7, 11) is 0. The number of hydrazine groups is 1. The topological polar surface area (TPSA) is 81.7 Å². The van der Waals surface area contributed by atoms with Crippen molar-refractivity contribution in [3.63, 3.8) is 0 Å². The average molecular weight is 301 g/mol. The highest BCUT2D eigenvalue weighted by Gasteiger charge is 2.42. The first-order valence-electron chi connectivity index (χ1n) is 7.38. The molecule has 6 heteroatoms. The van der Waals surface area contributed by atoms with E-state index in [0.717, 1.165) is 5.70 Å². The van der Waals surface area contributed by atoms with Gasteiger partial charge in [-0.1, -0.05) is 30.3 Å². The molecule has 0 aromatic heterocycles. The van der Waals surface area contributed by atoms with Gasteiger partial charge in [-0.25, -0.2) is 5.43 Å². The van der Waals surface area contributed by atoms with Crippen molar-refractivity contribution < 1.29 is 14.7 Å². The van der Waals surface area contributed by atoms with Crippen LogP contribution in [0.5, 0.6) is 0 Å². The molecule has 1 saturated heterocycles. The van der Waals surface area contributed by atoms with Gasteiger partial charge in [0.25, 0.3) is 5.91 Å². The van der Waals surface area contributed by atoms with Gasteiger partial charge in [-0.2, -0.15) is 0 Å². The van der Waals surface area contributed by atoms with Crippen molar-refractivity contribution in [2.75, 3.05) is 6.54 Å². The van der Waals surface area contributed by atoms with E-state index >= 15 is 0 Å². The van der Waals surface area contributed by atoms with E-state index in [-0.39, 0.29) is 30.8 Å². The van der Waals surface area contributed by atoms with Crippen LogP contribution in [0.3, 0.4) is 0 Å². The zero-order valence-electron chi connectivity index (χ0n) is 12.4. The van der Waals surface area contributed by atoms with Crippen molar-refractivity contribution in [2.45, 2.75) is 31.8 Å². The number of nitrogens with one attached hydrogen (secondary N) is 2. The molecular weight excluding hydrogens is 282 g/mol. The second kappa shape index (κ2) is 5.81. The molecule has 2 unspecified atom stereocenters. The average Bonchev–Trinajstić information content (AvgIpc) is 2.91. The molecule has 1 aromatic rings. The number of hydrogen-bond donors (Lipinski definition) is 3. The molecule has 0 radical (unpaired) electrons. The maximum atomic E-state index is 12.6. The highest BCUT2D eigenvalue weighted by Crippen LogP contribution is 2.31. The van der Waals surface area contributed by atoms with Crippen molar-refractivity contribution >= 4 is 11.9 Å². The Morgan fingerprint density at radius 3 is 2.77 bits per heavy atom. The van der Waals surface area contributed by atoms with Gasteiger partial charge in [-0.3, -0.25) is 14.6 Å². The lowest BCUT2D eigenvalue weighted by Gasteiger charge is -2.35. The fourth-order valence-corrected chi connectivity index (χ4v) is 3.09. The van der Waals surface area contributed by atoms with E-state index in [9.17, 15) is 9.59 Å². The number of carboxylic acid groups (broad SMARTS) is 1. The smallest absolute Gasteiger partial charge is 0.303 e. The number of fused-ring (bicyclic) bond motifs is 1. The van der Waals surface area contributed by atoms with E-state index < -0.39 is 5.97 Å². The SMILES string of the molecule is CC1=C(CCC(=O)O)C(=O)N2NCC(c3ccccc3)C2N1. The largest absolute Gasteiger partial charge is 0.481 e. The van der Waals surface area contributed by atoms with Crippen LogP contribution in [0.1, 0.15) is 31.2 Å². The Hall–Kier alpha value is -2.34. The maximum absolute atomic E-state index is 12.6. The summed E-state index contributed by atoms with van der Waals surface area (Å²) in [4.78, 5) is 23.3. The van der Waals surface area contributed by atoms with Crippen LogP contribution in [-0.2, 0) is 9.59 Å². The van der Waals surface area contributed by atoms with Crippen molar-refractivity contribution in [1.29, 1.82) is 0 Å². The van der Waals surface area contributed by atoms with Crippen molar-refractivity contribution in [3.05, 3.63) is 47.2 Å². The van der Waals surface area contributed by atoms with Gasteiger partial charge in [0.2, 0.25) is 0 Å². The number of carboxylic acids is 1. The standard InChI is InChI=1S/C16H19N3O3/c1-10-12(7-8-14(20)21)16(22)19-15(18-10)13(9-17-19)11-5-3-2-4-6-11/h2-6,13,15,17-18H,7-9H2,1H3,(H,20,21). The number of hydrogen-bond acceptors (Lipinski definition) is 4. The second-order valence-corrected chi connectivity index (χ2v) is 5.64. The lowest BCUT2D eigenvalue weighted by molar-refractivity contribution is -0.137. The Morgan fingerprint density at radius 1 is 1.36 bits per heavy atom. The molecule has 0 aliphatic carbocycles. The van der Waals surface area contributed by atoms with E-state index in [4.69, 9.17) is 5.11 Å². The summed E-state index contributed by atoms with van der Waals surface area (Å²) in [6.07, 6.45) is 0.0673. The molecule has 0 saturated carbocycles. The van der Waals surface area contributed by atoms with Gasteiger partial charge in [0.15, 0.2) is 0 Å². The van der Waals surface area contributed by atoms with Crippen molar-refractivity contribution in [1.82, 2.24) is 15.8 Å². The number of benzene rings is 1. The molecule has 2 heterocycles. The lowest BCUT2D eigenvalue weighted by atomic mass is 9.94. The van der Waals surface area contributed by atoms with E-state index in [1.807, 2.05) is 25.1 Å². The van der Waals surface area contributed by atoms with Gasteiger partial charge in [-0.15, -0.1) is 0 Å². The highest BCUT2D eigenvalue weighted by molar-refractivity contribution is 5.95. The zero-order valence-corrected chi connectivity index (χ0v) is 12.4. The summed E-state index contributed by atoms with van der Waals surface area (Å²) in [6, 6.07) is 10.1. The van der Waals surface area contributed by atoms with Gasteiger partial charge < -0.3 is 10.4 Å². The first-order valence-corrected chi connectivity index (χ1v) is 7.38. The van der Waals surface area contributed by atoms with Crippen LogP contribution < -0.4 is 10.7 Å². The number of carbonyl (C=O) groups is 2. The number of aliphatic carboxylic acids is 1. The molecular formula is C16H19N3O3. The summed E-state index contributed by atoms with van der Waals surface area (Å²) in [5.41, 5.74) is 5.62. The Morgan fingerprint density at radius 2 is 2.09 bits per heavy atom. The van der Waals surface area contributed by atoms with Crippen molar-refractivity contribution in [2.24, 2.45) is 0 Å². The van der Waals surface area contributed by atoms with Crippen molar-refractivity contribution in [3.8, 4) is 0 Å². The van der Waals surface area contributed by atoms with E-state index in [2.05, 4.69) is 22.9 Å². The molecule has 3 N–H and O–H groups in total. The lowest BCUT2D eigenvalue weighted by Crippen LogP contribution is -2.54. The van der Waals surface area contributed by atoms with Crippen LogP contribution in [0.2, 0.25) is 0 Å². The molecule has 0 spiro atoms. The fraction of sp³-hybridized carbons (Fsp3) is 0.375. The molecule has 1 aromatic carbocycles. The normalized spacial score (nSPS) is 24.2. The number of allylic oxidation sites excluding steroid dienone is 1. The summed E-state index contributed by atoms with van der Waals surface area (Å²) in [5, 5.41) is 13.8. The van der Waals surface area contributed by atoms with E-state index in [0.29, 0.717) is 12.1 Å². The molecule has 1 amide bonds. The third kappa shape index (κ3) is 2.57. The maximum Gasteiger partial charge on any atom is 0.303 e. The molecule has 6 nitrogen and oxygen atoms in total. The minimum Gasteiger partial charge on any atom is -0.481 e. The van der Waals surface area contributed by atoms with Crippen LogP contribution in [0, 0.1) is 0 Å². The summed E-state index contributed by atoms with van der Waals surface area (Å²) >= 11 is 0. The number of nitrogens with zero attached hydrogens (tertiary/aromatic N) is 1. The molecule has 3 rings (SSSR count). The minimum atomic E-state index is -0.897. The van der Waals surface area contributed by atoms with Crippen LogP contribution in [0.15, 0.2) is 41.6 Å². The van der Waals surface area contributed by atoms with Gasteiger partial charge in [0.1, 0.15) is 6.17 Å². The Labute approximate surface area is 128 Å². The minimum absolute atomic E-state index is 0.0410. The third-order valence-electron chi connectivity index (χ3n) is 4.25. The molecule has 2 aliphatic heterocycles. The predicted octanol–water partition coefficient (Wildman–Crippen LogP) is 1.19. The fourth-order valence-electron chi connectivity index (χ4n) is 3.09. The molecule has 116 valence electrons.